The van der Waals surface area contributed by atoms with Gasteiger partial charge in [0.05, 0.1) is 6.61 Å². The van der Waals surface area contributed by atoms with Crippen LogP contribution in [0.1, 0.15) is 46.3 Å². The number of ether oxygens (including phenoxy) is 1. The van der Waals surface area contributed by atoms with E-state index in [1.807, 2.05) is 45.0 Å². The molecular formula is C20H22O2. The predicted molar refractivity (Wildman–Crippen MR) is 88.7 cm³/mol. The minimum Gasteiger partial charge on any atom is -0.494 e. The molecule has 114 valence electrons. The maximum Gasteiger partial charge on any atom is 0.166 e. The highest BCUT2D eigenvalue weighted by Gasteiger charge is 2.44. The van der Waals surface area contributed by atoms with Crippen LogP contribution in [0.4, 0.5) is 0 Å². The number of rotatable bonds is 5. The minimum atomic E-state index is 0.137. The fraction of sp³-hybridized carbons (Fsp3) is 0.350. The molecule has 0 N–H and O–H groups in total. The first kappa shape index (κ1) is 14.8. The third-order valence-corrected chi connectivity index (χ3v) is 4.40. The zero-order valence-electron chi connectivity index (χ0n) is 13.4. The molecule has 2 aromatic carbocycles. The first-order chi connectivity index (χ1) is 10.6. The Bertz CT molecular complexity index is 685. The van der Waals surface area contributed by atoms with Gasteiger partial charge in [0.25, 0.3) is 0 Å². The van der Waals surface area contributed by atoms with E-state index in [2.05, 4.69) is 18.2 Å². The van der Waals surface area contributed by atoms with E-state index in [0.717, 1.165) is 28.9 Å². The lowest BCUT2D eigenvalue weighted by Crippen LogP contribution is -2.06. The summed E-state index contributed by atoms with van der Waals surface area (Å²) in [5.41, 5.74) is 4.35. The van der Waals surface area contributed by atoms with Crippen LogP contribution in [0.15, 0.2) is 42.5 Å². The van der Waals surface area contributed by atoms with Crippen LogP contribution in [0.2, 0.25) is 0 Å². The summed E-state index contributed by atoms with van der Waals surface area (Å²) in [6.45, 7) is 6.71. The van der Waals surface area contributed by atoms with Gasteiger partial charge in [-0.3, -0.25) is 4.79 Å². The molecule has 0 saturated heterocycles. The van der Waals surface area contributed by atoms with Crippen LogP contribution in [-0.4, -0.2) is 12.4 Å². The SMILES string of the molecule is CCOc1ccc(C2CC2C(=O)c2cc(C)ccc2C)cc1. The summed E-state index contributed by atoms with van der Waals surface area (Å²) >= 11 is 0. The maximum atomic E-state index is 12.7. The number of hydrogen-bond acceptors (Lipinski definition) is 2. The van der Waals surface area contributed by atoms with Crippen molar-refractivity contribution in [2.24, 2.45) is 5.92 Å². The third kappa shape index (κ3) is 2.92. The maximum absolute atomic E-state index is 12.7. The molecule has 0 heterocycles. The Hall–Kier alpha value is -2.09. The zero-order valence-corrected chi connectivity index (χ0v) is 13.4. The Balaban J connectivity index is 1.73. The average molecular weight is 294 g/mol. The van der Waals surface area contributed by atoms with Crippen molar-refractivity contribution in [2.45, 2.75) is 33.1 Å². The Morgan fingerprint density at radius 2 is 1.86 bits per heavy atom. The van der Waals surface area contributed by atoms with E-state index < -0.39 is 0 Å². The molecule has 2 heteroatoms. The second-order valence-corrected chi connectivity index (χ2v) is 6.13. The van der Waals surface area contributed by atoms with E-state index in [1.54, 1.807) is 0 Å². The molecule has 2 atom stereocenters. The Kier molecular flexibility index (Phi) is 4.02. The van der Waals surface area contributed by atoms with Crippen LogP contribution in [0.25, 0.3) is 0 Å². The predicted octanol–water partition coefficient (Wildman–Crippen LogP) is 4.69. The van der Waals surface area contributed by atoms with Crippen molar-refractivity contribution in [3.63, 3.8) is 0 Å². The molecular weight excluding hydrogens is 272 g/mol. The molecule has 3 rings (SSSR count). The van der Waals surface area contributed by atoms with E-state index >= 15 is 0 Å². The minimum absolute atomic E-state index is 0.137. The fourth-order valence-electron chi connectivity index (χ4n) is 3.03. The van der Waals surface area contributed by atoms with Gasteiger partial charge in [-0.05, 0) is 62.4 Å². The quantitative estimate of drug-likeness (QED) is 0.748. The van der Waals surface area contributed by atoms with Crippen molar-refractivity contribution in [1.29, 1.82) is 0 Å². The van der Waals surface area contributed by atoms with Crippen molar-refractivity contribution < 1.29 is 9.53 Å². The Morgan fingerprint density at radius 3 is 2.55 bits per heavy atom. The number of hydrogen-bond donors (Lipinski definition) is 0. The standard InChI is InChI=1S/C20H22O2/c1-4-22-16-9-7-15(8-10-16)18-12-19(18)20(21)17-11-13(2)5-6-14(17)3/h5-11,18-19H,4,12H2,1-3H3. The second-order valence-electron chi connectivity index (χ2n) is 6.13. The molecule has 0 aliphatic heterocycles. The summed E-state index contributed by atoms with van der Waals surface area (Å²) in [6.07, 6.45) is 0.959. The molecule has 2 unspecified atom stereocenters. The number of ketones is 1. The summed E-state index contributed by atoms with van der Waals surface area (Å²) in [5, 5.41) is 0. The van der Waals surface area contributed by atoms with E-state index in [4.69, 9.17) is 4.74 Å². The van der Waals surface area contributed by atoms with E-state index in [0.29, 0.717) is 18.3 Å². The Morgan fingerprint density at radius 1 is 1.14 bits per heavy atom. The van der Waals surface area contributed by atoms with Gasteiger partial charge < -0.3 is 4.74 Å². The Labute approximate surface area is 132 Å². The average Bonchev–Trinajstić information content (AvgIpc) is 3.31. The monoisotopic (exact) mass is 294 g/mol. The van der Waals surface area contributed by atoms with E-state index in [-0.39, 0.29) is 5.92 Å². The zero-order chi connectivity index (χ0) is 15.7. The van der Waals surface area contributed by atoms with Gasteiger partial charge in [0.1, 0.15) is 5.75 Å². The molecule has 0 amide bonds. The largest absolute Gasteiger partial charge is 0.494 e. The lowest BCUT2D eigenvalue weighted by atomic mass is 9.97. The number of aryl methyl sites for hydroxylation is 2. The summed E-state index contributed by atoms with van der Waals surface area (Å²) < 4.78 is 5.47. The number of carbonyl (C=O) groups is 1. The van der Waals surface area contributed by atoms with Crippen molar-refractivity contribution in [2.75, 3.05) is 6.61 Å². The second kappa shape index (κ2) is 5.96. The van der Waals surface area contributed by atoms with Crippen molar-refractivity contribution in [3.05, 3.63) is 64.7 Å². The summed E-state index contributed by atoms with van der Waals surface area (Å²) in [6, 6.07) is 14.3. The number of benzene rings is 2. The first-order valence-corrected chi connectivity index (χ1v) is 7.94. The van der Waals surface area contributed by atoms with Gasteiger partial charge in [-0.2, -0.15) is 0 Å². The molecule has 1 aliphatic rings. The number of carbonyl (C=O) groups excluding carboxylic acids is 1. The molecule has 0 radical (unpaired) electrons. The lowest BCUT2D eigenvalue weighted by Gasteiger charge is -2.07. The smallest absolute Gasteiger partial charge is 0.166 e. The van der Waals surface area contributed by atoms with Crippen LogP contribution >= 0.6 is 0 Å². The summed E-state index contributed by atoms with van der Waals surface area (Å²) in [7, 11) is 0. The van der Waals surface area contributed by atoms with Gasteiger partial charge in [-0.25, -0.2) is 0 Å². The van der Waals surface area contributed by atoms with Gasteiger partial charge in [0.15, 0.2) is 5.78 Å². The first-order valence-electron chi connectivity index (χ1n) is 7.94. The van der Waals surface area contributed by atoms with E-state index in [1.165, 1.54) is 5.56 Å². The molecule has 2 aromatic rings. The topological polar surface area (TPSA) is 26.3 Å². The van der Waals surface area contributed by atoms with Gasteiger partial charge in [0, 0.05) is 11.5 Å². The van der Waals surface area contributed by atoms with Gasteiger partial charge in [-0.1, -0.05) is 29.8 Å². The van der Waals surface area contributed by atoms with Crippen LogP contribution in [0.3, 0.4) is 0 Å². The van der Waals surface area contributed by atoms with Crippen molar-refractivity contribution >= 4 is 5.78 Å². The van der Waals surface area contributed by atoms with Crippen LogP contribution in [-0.2, 0) is 0 Å². The number of Topliss-reactive ketones (excluding diaryl/α,β-unsaturated/α-hetero) is 1. The molecule has 0 bridgehead atoms. The summed E-state index contributed by atoms with van der Waals surface area (Å²) in [5.74, 6) is 1.69. The molecule has 1 fully saturated rings. The van der Waals surface area contributed by atoms with E-state index in [9.17, 15) is 4.79 Å². The third-order valence-electron chi connectivity index (χ3n) is 4.40. The van der Waals surface area contributed by atoms with Gasteiger partial charge in [0.2, 0.25) is 0 Å². The fourth-order valence-corrected chi connectivity index (χ4v) is 3.03. The lowest BCUT2D eigenvalue weighted by molar-refractivity contribution is 0.0964. The van der Waals surface area contributed by atoms with Crippen molar-refractivity contribution in [3.8, 4) is 5.75 Å². The molecule has 0 spiro atoms. The van der Waals surface area contributed by atoms with Gasteiger partial charge in [-0.15, -0.1) is 0 Å². The van der Waals surface area contributed by atoms with Gasteiger partial charge >= 0.3 is 0 Å². The van der Waals surface area contributed by atoms with Crippen LogP contribution in [0, 0.1) is 19.8 Å². The highest BCUT2D eigenvalue weighted by atomic mass is 16.5. The molecule has 0 aromatic heterocycles. The van der Waals surface area contributed by atoms with Crippen molar-refractivity contribution in [1.82, 2.24) is 0 Å². The van der Waals surface area contributed by atoms with Crippen LogP contribution < -0.4 is 4.74 Å². The summed E-state index contributed by atoms with van der Waals surface area (Å²) in [4.78, 5) is 12.7. The normalized spacial score (nSPS) is 19.8. The molecule has 22 heavy (non-hydrogen) atoms. The highest BCUT2D eigenvalue weighted by molar-refractivity contribution is 6.01. The molecule has 1 aliphatic carbocycles. The molecule has 2 nitrogen and oxygen atoms in total. The molecule has 1 saturated carbocycles. The highest BCUT2D eigenvalue weighted by Crippen LogP contribution is 2.49. The van der Waals surface area contributed by atoms with Crippen LogP contribution in [0.5, 0.6) is 5.75 Å².